The molecule has 0 saturated carbocycles. The number of aliphatic carboxylic acids is 1. The number of carboxylic acid groups (broad SMARTS) is 1. The second kappa shape index (κ2) is 6.88. The number of benzene rings is 1. The van der Waals surface area contributed by atoms with Gasteiger partial charge < -0.3 is 15.7 Å². The lowest BCUT2D eigenvalue weighted by atomic mass is 10.1. The molecule has 0 bridgehead atoms. The Morgan fingerprint density at radius 3 is 2.50 bits per heavy atom. The van der Waals surface area contributed by atoms with Crippen LogP contribution in [0.3, 0.4) is 0 Å². The van der Waals surface area contributed by atoms with Crippen LogP contribution < -0.4 is 10.6 Å². The monoisotopic (exact) mass is 282 g/mol. The van der Waals surface area contributed by atoms with Crippen molar-refractivity contribution in [1.29, 1.82) is 0 Å². The summed E-state index contributed by atoms with van der Waals surface area (Å²) in [6.07, 6.45) is 0.288. The lowest BCUT2D eigenvalue weighted by Gasteiger charge is -2.18. The van der Waals surface area contributed by atoms with Crippen LogP contribution >= 0.6 is 0 Å². The SMILES string of the molecule is CC[C@@H](NC(=O)NC(C)c1ccc(C)c(F)c1)C(=O)O. The van der Waals surface area contributed by atoms with Crippen molar-refractivity contribution in [1.82, 2.24) is 10.6 Å². The van der Waals surface area contributed by atoms with Gasteiger partial charge in [-0.2, -0.15) is 0 Å². The minimum absolute atomic E-state index is 0.288. The first-order chi connectivity index (χ1) is 9.35. The molecule has 3 N–H and O–H groups in total. The maximum atomic E-state index is 13.4. The van der Waals surface area contributed by atoms with Crippen LogP contribution in [0.25, 0.3) is 0 Å². The van der Waals surface area contributed by atoms with E-state index in [2.05, 4.69) is 10.6 Å². The molecule has 0 aliphatic rings. The first-order valence-electron chi connectivity index (χ1n) is 6.41. The topological polar surface area (TPSA) is 78.4 Å². The van der Waals surface area contributed by atoms with Crippen LogP contribution in [-0.2, 0) is 4.79 Å². The zero-order valence-corrected chi connectivity index (χ0v) is 11.7. The number of rotatable bonds is 5. The summed E-state index contributed by atoms with van der Waals surface area (Å²) in [4.78, 5) is 22.5. The second-order valence-corrected chi connectivity index (χ2v) is 4.65. The maximum absolute atomic E-state index is 13.4. The fraction of sp³-hybridized carbons (Fsp3) is 0.429. The Hall–Kier alpha value is -2.11. The zero-order valence-electron chi connectivity index (χ0n) is 11.7. The average Bonchev–Trinajstić information content (AvgIpc) is 2.38. The standard InChI is InChI=1S/C14H19FN2O3/c1-4-12(13(18)19)17-14(20)16-9(3)10-6-5-8(2)11(15)7-10/h5-7,9,12H,4H2,1-3H3,(H,18,19)(H2,16,17,20)/t9?,12-/m1/s1. The lowest BCUT2D eigenvalue weighted by molar-refractivity contribution is -0.139. The van der Waals surface area contributed by atoms with Crippen molar-refractivity contribution in [2.24, 2.45) is 0 Å². The summed E-state index contributed by atoms with van der Waals surface area (Å²) in [5, 5.41) is 13.8. The fourth-order valence-electron chi connectivity index (χ4n) is 1.70. The van der Waals surface area contributed by atoms with Gasteiger partial charge >= 0.3 is 12.0 Å². The molecule has 0 spiro atoms. The Labute approximate surface area is 117 Å². The van der Waals surface area contributed by atoms with Crippen molar-refractivity contribution in [3.63, 3.8) is 0 Å². The van der Waals surface area contributed by atoms with Gasteiger partial charge in [0.15, 0.2) is 0 Å². The highest BCUT2D eigenvalue weighted by Gasteiger charge is 2.19. The third kappa shape index (κ3) is 4.22. The molecule has 6 heteroatoms. The number of halogens is 1. The molecule has 0 aliphatic carbocycles. The molecular weight excluding hydrogens is 263 g/mol. The highest BCUT2D eigenvalue weighted by atomic mass is 19.1. The predicted octanol–water partition coefficient (Wildman–Crippen LogP) is 2.36. The van der Waals surface area contributed by atoms with E-state index in [-0.39, 0.29) is 12.2 Å². The molecule has 1 aromatic rings. The Morgan fingerprint density at radius 2 is 2.00 bits per heavy atom. The minimum Gasteiger partial charge on any atom is -0.480 e. The summed E-state index contributed by atoms with van der Waals surface area (Å²) < 4.78 is 13.4. The summed E-state index contributed by atoms with van der Waals surface area (Å²) in [6.45, 7) is 5.02. The molecule has 0 radical (unpaired) electrons. The van der Waals surface area contributed by atoms with Crippen LogP contribution in [0.5, 0.6) is 0 Å². The van der Waals surface area contributed by atoms with E-state index in [0.29, 0.717) is 11.1 Å². The number of carbonyl (C=O) groups is 2. The molecule has 1 unspecified atom stereocenters. The van der Waals surface area contributed by atoms with Gasteiger partial charge in [0.1, 0.15) is 11.9 Å². The number of nitrogens with one attached hydrogen (secondary N) is 2. The van der Waals surface area contributed by atoms with Crippen LogP contribution in [0, 0.1) is 12.7 Å². The van der Waals surface area contributed by atoms with Gasteiger partial charge in [0.2, 0.25) is 0 Å². The number of aryl methyl sites for hydroxylation is 1. The van der Waals surface area contributed by atoms with Gasteiger partial charge in [-0.3, -0.25) is 0 Å². The molecule has 1 aromatic carbocycles. The van der Waals surface area contributed by atoms with Crippen molar-refractivity contribution in [3.05, 3.63) is 35.1 Å². The molecule has 2 amide bonds. The quantitative estimate of drug-likeness (QED) is 0.775. The van der Waals surface area contributed by atoms with E-state index in [1.807, 2.05) is 0 Å². The molecule has 1 rings (SSSR count). The molecule has 0 aromatic heterocycles. The van der Waals surface area contributed by atoms with Crippen LogP contribution in [0.4, 0.5) is 9.18 Å². The van der Waals surface area contributed by atoms with E-state index in [1.165, 1.54) is 6.07 Å². The van der Waals surface area contributed by atoms with Crippen LogP contribution in [0.15, 0.2) is 18.2 Å². The summed E-state index contributed by atoms with van der Waals surface area (Å²) in [5.74, 6) is -1.43. The average molecular weight is 282 g/mol. The second-order valence-electron chi connectivity index (χ2n) is 4.65. The predicted molar refractivity (Wildman–Crippen MR) is 72.9 cm³/mol. The summed E-state index contributed by atoms with van der Waals surface area (Å²) in [6, 6.07) is 2.76. The first-order valence-corrected chi connectivity index (χ1v) is 6.41. The van der Waals surface area contributed by atoms with Gasteiger partial charge in [-0.05, 0) is 37.5 Å². The van der Waals surface area contributed by atoms with E-state index in [4.69, 9.17) is 5.11 Å². The summed E-state index contributed by atoms with van der Waals surface area (Å²) >= 11 is 0. The van der Waals surface area contributed by atoms with E-state index in [1.54, 1.807) is 32.9 Å². The number of carbonyl (C=O) groups excluding carboxylic acids is 1. The van der Waals surface area contributed by atoms with Gasteiger partial charge in [-0.15, -0.1) is 0 Å². The number of urea groups is 1. The molecule has 0 saturated heterocycles. The third-order valence-corrected chi connectivity index (χ3v) is 3.06. The van der Waals surface area contributed by atoms with Crippen LogP contribution in [0.2, 0.25) is 0 Å². The molecule has 0 heterocycles. The molecule has 2 atom stereocenters. The van der Waals surface area contributed by atoms with Crippen molar-refractivity contribution >= 4 is 12.0 Å². The molecular formula is C14H19FN2O3. The van der Waals surface area contributed by atoms with Crippen LogP contribution in [-0.4, -0.2) is 23.1 Å². The van der Waals surface area contributed by atoms with Crippen molar-refractivity contribution < 1.29 is 19.1 Å². The Balaban J connectivity index is 2.65. The molecule has 5 nitrogen and oxygen atoms in total. The van der Waals surface area contributed by atoms with Gasteiger partial charge in [-0.1, -0.05) is 19.1 Å². The van der Waals surface area contributed by atoms with Crippen molar-refractivity contribution in [2.45, 2.75) is 39.3 Å². The third-order valence-electron chi connectivity index (χ3n) is 3.06. The van der Waals surface area contributed by atoms with Gasteiger partial charge in [-0.25, -0.2) is 14.0 Å². The maximum Gasteiger partial charge on any atom is 0.326 e. The largest absolute Gasteiger partial charge is 0.480 e. The summed E-state index contributed by atoms with van der Waals surface area (Å²) in [5.41, 5.74) is 1.15. The zero-order chi connectivity index (χ0) is 15.3. The summed E-state index contributed by atoms with van der Waals surface area (Å²) in [7, 11) is 0. The molecule has 20 heavy (non-hydrogen) atoms. The first kappa shape index (κ1) is 15.9. The number of hydrogen-bond acceptors (Lipinski definition) is 2. The highest BCUT2D eigenvalue weighted by Crippen LogP contribution is 2.16. The Bertz CT molecular complexity index is 505. The number of amides is 2. The lowest BCUT2D eigenvalue weighted by Crippen LogP contribution is -2.46. The normalized spacial score (nSPS) is 13.4. The smallest absolute Gasteiger partial charge is 0.326 e. The fourth-order valence-corrected chi connectivity index (χ4v) is 1.70. The Kier molecular flexibility index (Phi) is 5.49. The van der Waals surface area contributed by atoms with Crippen LogP contribution in [0.1, 0.15) is 37.4 Å². The van der Waals surface area contributed by atoms with Crippen molar-refractivity contribution in [3.8, 4) is 0 Å². The van der Waals surface area contributed by atoms with E-state index >= 15 is 0 Å². The van der Waals surface area contributed by atoms with E-state index < -0.39 is 24.1 Å². The Morgan fingerprint density at radius 1 is 1.35 bits per heavy atom. The number of hydrogen-bond donors (Lipinski definition) is 3. The van der Waals surface area contributed by atoms with Gasteiger partial charge in [0.25, 0.3) is 0 Å². The van der Waals surface area contributed by atoms with Gasteiger partial charge in [0, 0.05) is 0 Å². The van der Waals surface area contributed by atoms with E-state index in [0.717, 1.165) is 0 Å². The van der Waals surface area contributed by atoms with Gasteiger partial charge in [0.05, 0.1) is 6.04 Å². The number of carboxylic acids is 1. The highest BCUT2D eigenvalue weighted by molar-refractivity contribution is 5.82. The molecule has 0 aliphatic heterocycles. The molecule has 0 fully saturated rings. The van der Waals surface area contributed by atoms with E-state index in [9.17, 15) is 14.0 Å². The van der Waals surface area contributed by atoms with Crippen molar-refractivity contribution in [2.75, 3.05) is 0 Å². The minimum atomic E-state index is -1.09. The molecule has 110 valence electrons.